The normalized spacial score (nSPS) is 17.2. The van der Waals surface area contributed by atoms with Crippen molar-refractivity contribution in [2.45, 2.75) is 32.4 Å². The molecule has 20 heavy (non-hydrogen) atoms. The number of nitrogens with zero attached hydrogens (tertiary/aromatic N) is 3. The van der Waals surface area contributed by atoms with Crippen LogP contribution in [0.5, 0.6) is 0 Å². The van der Waals surface area contributed by atoms with Gasteiger partial charge in [-0.2, -0.15) is 5.10 Å². The molecule has 1 aromatic rings. The second-order valence-electron chi connectivity index (χ2n) is 4.97. The second kappa shape index (κ2) is 5.27. The van der Waals surface area contributed by atoms with Gasteiger partial charge < -0.3 is 10.6 Å². The van der Waals surface area contributed by atoms with Gasteiger partial charge in [-0.1, -0.05) is 0 Å². The highest BCUT2D eigenvalue weighted by atomic mass is 16.2. The summed E-state index contributed by atoms with van der Waals surface area (Å²) < 4.78 is 0. The van der Waals surface area contributed by atoms with Crippen LogP contribution in [0.2, 0.25) is 0 Å². The summed E-state index contributed by atoms with van der Waals surface area (Å²) in [4.78, 5) is 40.0. The molecule has 4 amide bonds. The van der Waals surface area contributed by atoms with E-state index in [1.807, 2.05) is 0 Å². The van der Waals surface area contributed by atoms with Crippen molar-refractivity contribution in [3.63, 3.8) is 0 Å². The smallest absolute Gasteiger partial charge is 0.325 e. The van der Waals surface area contributed by atoms with Crippen LogP contribution < -0.4 is 10.6 Å². The first kappa shape index (κ1) is 14.0. The first-order valence-corrected chi connectivity index (χ1v) is 6.15. The number of urea groups is 1. The van der Waals surface area contributed by atoms with Crippen molar-refractivity contribution in [3.8, 4) is 0 Å². The quantitative estimate of drug-likeness (QED) is 0.606. The van der Waals surface area contributed by atoms with E-state index in [1.165, 1.54) is 6.33 Å². The molecule has 1 aliphatic heterocycles. The van der Waals surface area contributed by atoms with E-state index in [9.17, 15) is 14.4 Å². The van der Waals surface area contributed by atoms with Gasteiger partial charge in [-0.05, 0) is 13.8 Å². The molecular formula is C11H16N6O3. The van der Waals surface area contributed by atoms with Crippen LogP contribution in [0.25, 0.3) is 0 Å². The van der Waals surface area contributed by atoms with Crippen molar-refractivity contribution >= 4 is 17.8 Å². The van der Waals surface area contributed by atoms with E-state index >= 15 is 0 Å². The summed E-state index contributed by atoms with van der Waals surface area (Å²) in [6.07, 6.45) is 1.39. The van der Waals surface area contributed by atoms with Gasteiger partial charge in [0.1, 0.15) is 17.7 Å². The zero-order valence-electron chi connectivity index (χ0n) is 11.3. The Morgan fingerprint density at radius 3 is 2.75 bits per heavy atom. The number of carbonyl (C=O) groups is 3. The average Bonchev–Trinajstić information content (AvgIpc) is 2.94. The summed E-state index contributed by atoms with van der Waals surface area (Å²) in [5, 5.41) is 11.4. The monoisotopic (exact) mass is 280 g/mol. The number of imide groups is 1. The van der Waals surface area contributed by atoms with Crippen molar-refractivity contribution in [3.05, 3.63) is 12.2 Å². The number of carbonyl (C=O) groups excluding carboxylic acids is 3. The van der Waals surface area contributed by atoms with Crippen LogP contribution in [-0.4, -0.2) is 50.0 Å². The number of amides is 4. The van der Waals surface area contributed by atoms with Gasteiger partial charge in [-0.3, -0.25) is 19.6 Å². The number of rotatable bonds is 5. The summed E-state index contributed by atoms with van der Waals surface area (Å²) in [6.45, 7) is 3.52. The molecule has 9 heteroatoms. The van der Waals surface area contributed by atoms with Gasteiger partial charge >= 0.3 is 6.03 Å². The molecule has 0 aromatic carbocycles. The Labute approximate surface area is 115 Å². The number of hydrogen-bond acceptors (Lipinski definition) is 5. The largest absolute Gasteiger partial charge is 0.349 e. The number of aromatic nitrogens is 3. The Balaban J connectivity index is 1.79. The van der Waals surface area contributed by atoms with Crippen molar-refractivity contribution in [1.29, 1.82) is 0 Å². The number of H-pyrrole nitrogens is 1. The zero-order chi connectivity index (χ0) is 14.8. The van der Waals surface area contributed by atoms with Crippen molar-refractivity contribution in [2.75, 3.05) is 6.54 Å². The van der Waals surface area contributed by atoms with Crippen LogP contribution in [0, 0.1) is 0 Å². The number of aromatic amines is 1. The van der Waals surface area contributed by atoms with Crippen LogP contribution in [0.3, 0.4) is 0 Å². The lowest BCUT2D eigenvalue weighted by Gasteiger charge is -2.15. The Kier molecular flexibility index (Phi) is 3.68. The Hall–Kier alpha value is -2.45. The number of hydrogen-bond donors (Lipinski definition) is 3. The molecule has 0 bridgehead atoms. The van der Waals surface area contributed by atoms with Crippen LogP contribution >= 0.6 is 0 Å². The van der Waals surface area contributed by atoms with Gasteiger partial charge in [0.2, 0.25) is 5.91 Å². The fraction of sp³-hybridized carbons (Fsp3) is 0.545. The highest BCUT2D eigenvalue weighted by Gasteiger charge is 2.43. The average molecular weight is 280 g/mol. The van der Waals surface area contributed by atoms with Crippen molar-refractivity contribution in [2.24, 2.45) is 0 Å². The molecule has 108 valence electrons. The van der Waals surface area contributed by atoms with E-state index in [0.717, 1.165) is 4.90 Å². The van der Waals surface area contributed by atoms with Gasteiger partial charge in [0.25, 0.3) is 5.91 Å². The topological polar surface area (TPSA) is 120 Å². The van der Waals surface area contributed by atoms with Gasteiger partial charge in [-0.25, -0.2) is 9.78 Å². The molecule has 1 saturated heterocycles. The molecule has 0 spiro atoms. The predicted octanol–water partition coefficient (Wildman–Crippen LogP) is -0.859. The molecule has 1 fully saturated rings. The summed E-state index contributed by atoms with van der Waals surface area (Å²) in [7, 11) is 0. The second-order valence-corrected chi connectivity index (χ2v) is 4.97. The highest BCUT2D eigenvalue weighted by molar-refractivity contribution is 6.06. The molecule has 2 heterocycles. The fourth-order valence-electron chi connectivity index (χ4n) is 1.82. The van der Waals surface area contributed by atoms with E-state index in [0.29, 0.717) is 5.82 Å². The summed E-state index contributed by atoms with van der Waals surface area (Å²) in [5.74, 6) is -0.0632. The summed E-state index contributed by atoms with van der Waals surface area (Å²) >= 11 is 0. The molecular weight excluding hydrogens is 264 g/mol. The maximum atomic E-state index is 11.9. The molecule has 0 unspecified atom stereocenters. The van der Waals surface area contributed by atoms with E-state index < -0.39 is 11.6 Å². The minimum atomic E-state index is -0.909. The standard InChI is InChI=1S/C11H16N6O3/c1-11(2)9(19)17(10(20)15-11)4-3-8(18)12-5-7-13-6-14-16-7/h6H,3-5H2,1-2H3,(H,12,18)(H,15,20)(H,13,14,16). The maximum absolute atomic E-state index is 11.9. The Morgan fingerprint density at radius 1 is 1.45 bits per heavy atom. The van der Waals surface area contributed by atoms with Crippen LogP contribution in [0.1, 0.15) is 26.1 Å². The van der Waals surface area contributed by atoms with Gasteiger partial charge in [0.15, 0.2) is 0 Å². The molecule has 3 N–H and O–H groups in total. The van der Waals surface area contributed by atoms with Crippen molar-refractivity contribution < 1.29 is 14.4 Å². The molecule has 2 rings (SSSR count). The minimum absolute atomic E-state index is 0.0450. The summed E-state index contributed by atoms with van der Waals surface area (Å²) in [5.41, 5.74) is -0.909. The first-order valence-electron chi connectivity index (χ1n) is 6.15. The van der Waals surface area contributed by atoms with Crippen molar-refractivity contribution in [1.82, 2.24) is 30.7 Å². The minimum Gasteiger partial charge on any atom is -0.349 e. The van der Waals surface area contributed by atoms with E-state index in [4.69, 9.17) is 0 Å². The molecule has 0 radical (unpaired) electrons. The number of nitrogens with one attached hydrogen (secondary N) is 3. The van der Waals surface area contributed by atoms with E-state index in [2.05, 4.69) is 25.8 Å². The van der Waals surface area contributed by atoms with Crippen LogP contribution in [0.15, 0.2) is 6.33 Å². The van der Waals surface area contributed by atoms with E-state index in [-0.39, 0.29) is 31.3 Å². The third kappa shape index (κ3) is 2.92. The highest BCUT2D eigenvalue weighted by Crippen LogP contribution is 2.16. The lowest BCUT2D eigenvalue weighted by Crippen LogP contribution is -2.40. The Bertz CT molecular complexity index is 524. The maximum Gasteiger partial charge on any atom is 0.325 e. The molecule has 9 nitrogen and oxygen atoms in total. The fourth-order valence-corrected chi connectivity index (χ4v) is 1.82. The van der Waals surface area contributed by atoms with Gasteiger partial charge in [0, 0.05) is 13.0 Å². The third-order valence-electron chi connectivity index (χ3n) is 2.92. The van der Waals surface area contributed by atoms with Crippen LogP contribution in [-0.2, 0) is 16.1 Å². The molecule has 1 aliphatic rings. The first-order chi connectivity index (χ1) is 9.40. The van der Waals surface area contributed by atoms with Gasteiger partial charge in [0.05, 0.1) is 6.54 Å². The molecule has 0 saturated carbocycles. The van der Waals surface area contributed by atoms with Gasteiger partial charge in [-0.15, -0.1) is 0 Å². The predicted molar refractivity (Wildman–Crippen MR) is 67.2 cm³/mol. The third-order valence-corrected chi connectivity index (χ3v) is 2.92. The lowest BCUT2D eigenvalue weighted by molar-refractivity contribution is -0.130. The molecule has 0 atom stereocenters. The van der Waals surface area contributed by atoms with E-state index in [1.54, 1.807) is 13.8 Å². The summed E-state index contributed by atoms with van der Waals surface area (Å²) in [6, 6.07) is -0.469. The lowest BCUT2D eigenvalue weighted by atomic mass is 10.1. The van der Waals surface area contributed by atoms with Crippen LogP contribution in [0.4, 0.5) is 4.79 Å². The molecule has 1 aromatic heterocycles. The molecule has 0 aliphatic carbocycles. The zero-order valence-corrected chi connectivity index (χ0v) is 11.3. The Morgan fingerprint density at radius 2 is 2.20 bits per heavy atom. The SMILES string of the molecule is CC1(C)NC(=O)N(CCC(=O)NCc2ncn[nH]2)C1=O.